The molecule has 0 atom stereocenters. The average Bonchev–Trinajstić information content (AvgIpc) is 2.23. The first kappa shape index (κ1) is 11.5. The van der Waals surface area contributed by atoms with Crippen molar-refractivity contribution in [1.29, 1.82) is 0 Å². The molecule has 16 heavy (non-hydrogen) atoms. The highest BCUT2D eigenvalue weighted by molar-refractivity contribution is 6.33. The highest BCUT2D eigenvalue weighted by Crippen LogP contribution is 2.40. The van der Waals surface area contributed by atoms with Gasteiger partial charge in [0, 0.05) is 0 Å². The molecule has 0 saturated heterocycles. The number of rotatable bonds is 2. The van der Waals surface area contributed by atoms with Gasteiger partial charge in [-0.15, -0.1) is 0 Å². The van der Waals surface area contributed by atoms with Gasteiger partial charge in [0.05, 0.1) is 23.8 Å². The molecule has 0 aromatic heterocycles. The summed E-state index contributed by atoms with van der Waals surface area (Å²) in [6, 6.07) is 3.54. The number of hydrogen-bond acceptors (Lipinski definition) is 2. The lowest BCUT2D eigenvalue weighted by Crippen LogP contribution is -2.36. The predicted octanol–water partition coefficient (Wildman–Crippen LogP) is 3.11. The zero-order valence-electron chi connectivity index (χ0n) is 8.84. The van der Waals surface area contributed by atoms with Gasteiger partial charge in [-0.05, 0) is 18.6 Å². The predicted molar refractivity (Wildman–Crippen MR) is 59.9 cm³/mol. The number of ether oxygens (including phenoxy) is 1. The minimum atomic E-state index is -2.37. The van der Waals surface area contributed by atoms with E-state index in [4.69, 9.17) is 16.3 Å². The Morgan fingerprint density at radius 1 is 1.50 bits per heavy atom. The number of fused-ring (bicyclic) bond motifs is 1. The highest BCUT2D eigenvalue weighted by atomic mass is 35.5. The summed E-state index contributed by atoms with van der Waals surface area (Å²) in [5.41, 5.74) is 1.51. The molecule has 1 heterocycles. The summed E-state index contributed by atoms with van der Waals surface area (Å²) in [5.74, 6) is 0.624. The van der Waals surface area contributed by atoms with Crippen molar-refractivity contribution in [3.63, 3.8) is 0 Å². The normalized spacial score (nSPS) is 14.9. The number of aryl methyl sites for hydroxylation is 1. The van der Waals surface area contributed by atoms with Crippen LogP contribution in [-0.2, 0) is 0 Å². The maximum atomic E-state index is 12.4. The lowest BCUT2D eigenvalue weighted by molar-refractivity contribution is 0.151. The summed E-state index contributed by atoms with van der Waals surface area (Å²) in [4.78, 5) is 1.58. The topological polar surface area (TPSA) is 12.5 Å². The van der Waals surface area contributed by atoms with Crippen molar-refractivity contribution in [2.24, 2.45) is 0 Å². The summed E-state index contributed by atoms with van der Waals surface area (Å²) in [7, 11) is 0. The van der Waals surface area contributed by atoms with E-state index in [1.807, 2.05) is 13.0 Å². The third kappa shape index (κ3) is 2.07. The molecule has 0 saturated carbocycles. The quantitative estimate of drug-likeness (QED) is 0.796. The van der Waals surface area contributed by atoms with Gasteiger partial charge >= 0.3 is 0 Å². The van der Waals surface area contributed by atoms with E-state index in [-0.39, 0.29) is 6.54 Å². The highest BCUT2D eigenvalue weighted by Gasteiger charge is 2.24. The summed E-state index contributed by atoms with van der Waals surface area (Å²) >= 11 is 6.03. The SMILES string of the molecule is Cc1ccc(Cl)c2c1OCCN2CC(F)F. The number of hydrogen-bond donors (Lipinski definition) is 0. The Labute approximate surface area is 97.8 Å². The molecule has 0 aliphatic carbocycles. The third-order valence-electron chi connectivity index (χ3n) is 2.56. The zero-order valence-corrected chi connectivity index (χ0v) is 9.60. The van der Waals surface area contributed by atoms with Crippen molar-refractivity contribution in [2.45, 2.75) is 13.3 Å². The van der Waals surface area contributed by atoms with E-state index in [0.717, 1.165) is 5.56 Å². The van der Waals surface area contributed by atoms with Crippen LogP contribution in [0, 0.1) is 6.92 Å². The molecule has 0 spiro atoms. The molecule has 0 amide bonds. The van der Waals surface area contributed by atoms with Gasteiger partial charge in [-0.25, -0.2) is 8.78 Å². The van der Waals surface area contributed by atoms with Crippen LogP contribution in [0.25, 0.3) is 0 Å². The minimum Gasteiger partial charge on any atom is -0.489 e. The molecule has 0 radical (unpaired) electrons. The second-order valence-electron chi connectivity index (χ2n) is 3.73. The van der Waals surface area contributed by atoms with E-state index in [2.05, 4.69) is 0 Å². The van der Waals surface area contributed by atoms with Crippen molar-refractivity contribution in [1.82, 2.24) is 0 Å². The molecular formula is C11H12ClF2NO. The molecule has 1 aliphatic heterocycles. The molecule has 5 heteroatoms. The van der Waals surface area contributed by atoms with Gasteiger partial charge in [0.25, 0.3) is 6.43 Å². The molecule has 0 fully saturated rings. The van der Waals surface area contributed by atoms with Gasteiger partial charge in [0.15, 0.2) is 0 Å². The number of halogens is 3. The molecule has 0 bridgehead atoms. The molecule has 1 aromatic rings. The first-order valence-corrected chi connectivity index (χ1v) is 5.42. The minimum absolute atomic E-state index is 0.306. The first-order valence-electron chi connectivity index (χ1n) is 5.04. The van der Waals surface area contributed by atoms with E-state index in [0.29, 0.717) is 29.6 Å². The van der Waals surface area contributed by atoms with Gasteiger partial charge in [-0.1, -0.05) is 17.7 Å². The number of nitrogens with zero attached hydrogens (tertiary/aromatic N) is 1. The number of benzene rings is 1. The van der Waals surface area contributed by atoms with E-state index in [9.17, 15) is 8.78 Å². The van der Waals surface area contributed by atoms with Gasteiger partial charge in [0.1, 0.15) is 12.4 Å². The molecule has 0 N–H and O–H groups in total. The van der Waals surface area contributed by atoms with Crippen LogP contribution in [0.5, 0.6) is 5.75 Å². The van der Waals surface area contributed by atoms with Gasteiger partial charge in [0.2, 0.25) is 0 Å². The summed E-state index contributed by atoms with van der Waals surface area (Å²) < 4.78 is 30.3. The van der Waals surface area contributed by atoms with Crippen molar-refractivity contribution in [2.75, 3.05) is 24.6 Å². The largest absolute Gasteiger partial charge is 0.489 e. The molecule has 0 unspecified atom stereocenters. The molecule has 2 nitrogen and oxygen atoms in total. The van der Waals surface area contributed by atoms with Gasteiger partial charge in [-0.2, -0.15) is 0 Å². The summed E-state index contributed by atoms with van der Waals surface area (Å²) in [6.07, 6.45) is -2.37. The summed E-state index contributed by atoms with van der Waals surface area (Å²) in [6.45, 7) is 2.43. The van der Waals surface area contributed by atoms with Crippen molar-refractivity contribution >= 4 is 17.3 Å². The first-order chi connectivity index (χ1) is 7.59. The van der Waals surface area contributed by atoms with Crippen LogP contribution in [0.4, 0.5) is 14.5 Å². The van der Waals surface area contributed by atoms with Crippen LogP contribution in [0.15, 0.2) is 12.1 Å². The standard InChI is InChI=1S/C11H12ClF2NO/c1-7-2-3-8(12)10-11(7)16-5-4-15(10)6-9(13)14/h2-3,9H,4-6H2,1H3. The molecule has 88 valence electrons. The Morgan fingerprint density at radius 2 is 2.25 bits per heavy atom. The average molecular weight is 248 g/mol. The molecular weight excluding hydrogens is 236 g/mol. The number of alkyl halides is 2. The molecule has 1 aromatic carbocycles. The smallest absolute Gasteiger partial charge is 0.255 e. The maximum Gasteiger partial charge on any atom is 0.255 e. The van der Waals surface area contributed by atoms with Gasteiger partial charge < -0.3 is 9.64 Å². The van der Waals surface area contributed by atoms with Crippen LogP contribution in [0.2, 0.25) is 5.02 Å². The van der Waals surface area contributed by atoms with Crippen LogP contribution in [0.3, 0.4) is 0 Å². The van der Waals surface area contributed by atoms with Crippen molar-refractivity contribution in [3.8, 4) is 5.75 Å². The second kappa shape index (κ2) is 4.45. The molecule has 1 aliphatic rings. The lowest BCUT2D eigenvalue weighted by atomic mass is 10.1. The Hall–Kier alpha value is -1.03. The Balaban J connectivity index is 2.40. The van der Waals surface area contributed by atoms with Crippen LogP contribution in [-0.4, -0.2) is 26.1 Å². The second-order valence-corrected chi connectivity index (χ2v) is 4.13. The Bertz CT molecular complexity index is 398. The molecule has 2 rings (SSSR count). The van der Waals surface area contributed by atoms with Crippen molar-refractivity contribution < 1.29 is 13.5 Å². The van der Waals surface area contributed by atoms with E-state index in [1.165, 1.54) is 0 Å². The lowest BCUT2D eigenvalue weighted by Gasteiger charge is -2.32. The van der Waals surface area contributed by atoms with Crippen LogP contribution in [0.1, 0.15) is 5.56 Å². The monoisotopic (exact) mass is 247 g/mol. The van der Waals surface area contributed by atoms with Crippen LogP contribution < -0.4 is 9.64 Å². The van der Waals surface area contributed by atoms with E-state index >= 15 is 0 Å². The number of anilines is 1. The fraction of sp³-hybridized carbons (Fsp3) is 0.455. The third-order valence-corrected chi connectivity index (χ3v) is 2.87. The fourth-order valence-corrected chi connectivity index (χ4v) is 2.11. The van der Waals surface area contributed by atoms with E-state index < -0.39 is 6.43 Å². The Morgan fingerprint density at radius 3 is 2.94 bits per heavy atom. The zero-order chi connectivity index (χ0) is 11.7. The summed E-state index contributed by atoms with van der Waals surface area (Å²) in [5, 5.41) is 0.459. The van der Waals surface area contributed by atoms with E-state index in [1.54, 1.807) is 11.0 Å². The fourth-order valence-electron chi connectivity index (χ4n) is 1.84. The van der Waals surface area contributed by atoms with Crippen molar-refractivity contribution in [3.05, 3.63) is 22.7 Å². The Kier molecular flexibility index (Phi) is 3.19. The maximum absolute atomic E-state index is 12.4. The van der Waals surface area contributed by atoms with Crippen LogP contribution >= 0.6 is 11.6 Å². The van der Waals surface area contributed by atoms with Gasteiger partial charge in [-0.3, -0.25) is 0 Å².